The van der Waals surface area contributed by atoms with Crippen molar-refractivity contribution in [2.75, 3.05) is 14.2 Å². The van der Waals surface area contributed by atoms with Crippen LogP contribution in [0.5, 0.6) is 11.5 Å². The molecule has 0 bridgehead atoms. The second kappa shape index (κ2) is 8.14. The van der Waals surface area contributed by atoms with Crippen LogP contribution in [-0.2, 0) is 6.42 Å². The zero-order valence-electron chi connectivity index (χ0n) is 13.5. The molecule has 0 saturated heterocycles. The van der Waals surface area contributed by atoms with E-state index >= 15 is 0 Å². The molecule has 2 nitrogen and oxygen atoms in total. The SMILES string of the molecule is CCCC#CCc1ccccc1-c1cc(OC)cc(OC)c1. The van der Waals surface area contributed by atoms with Gasteiger partial charge in [0.25, 0.3) is 0 Å². The van der Waals surface area contributed by atoms with Gasteiger partial charge < -0.3 is 9.47 Å². The Morgan fingerprint density at radius 1 is 0.909 bits per heavy atom. The Balaban J connectivity index is 2.38. The average molecular weight is 294 g/mol. The summed E-state index contributed by atoms with van der Waals surface area (Å²) in [5.74, 6) is 8.05. The van der Waals surface area contributed by atoms with Gasteiger partial charge in [0, 0.05) is 18.9 Å². The molecule has 0 unspecified atom stereocenters. The van der Waals surface area contributed by atoms with Crippen molar-refractivity contribution < 1.29 is 9.47 Å². The van der Waals surface area contributed by atoms with Gasteiger partial charge in [0.15, 0.2) is 0 Å². The minimum absolute atomic E-state index is 0.760. The van der Waals surface area contributed by atoms with Crippen molar-refractivity contribution in [2.45, 2.75) is 26.2 Å². The summed E-state index contributed by atoms with van der Waals surface area (Å²) in [7, 11) is 3.33. The molecule has 0 aliphatic heterocycles. The van der Waals surface area contributed by atoms with Crippen molar-refractivity contribution >= 4 is 0 Å². The minimum Gasteiger partial charge on any atom is -0.497 e. The standard InChI is InChI=1S/C20H22O2/c1-4-5-6-7-10-16-11-8-9-12-20(16)17-13-18(21-2)15-19(14-17)22-3/h8-9,11-15H,4-5,10H2,1-3H3. The molecule has 114 valence electrons. The minimum atomic E-state index is 0.760. The fraction of sp³-hybridized carbons (Fsp3) is 0.300. The highest BCUT2D eigenvalue weighted by Crippen LogP contribution is 2.31. The van der Waals surface area contributed by atoms with E-state index in [1.165, 1.54) is 11.1 Å². The van der Waals surface area contributed by atoms with Crippen molar-refractivity contribution in [1.82, 2.24) is 0 Å². The third-order valence-corrected chi connectivity index (χ3v) is 3.46. The second-order valence-electron chi connectivity index (χ2n) is 5.04. The maximum Gasteiger partial charge on any atom is 0.123 e. The first-order chi connectivity index (χ1) is 10.8. The third-order valence-electron chi connectivity index (χ3n) is 3.46. The smallest absolute Gasteiger partial charge is 0.123 e. The number of hydrogen-bond donors (Lipinski definition) is 0. The summed E-state index contributed by atoms with van der Waals surface area (Å²) in [6.45, 7) is 2.14. The lowest BCUT2D eigenvalue weighted by atomic mass is 9.97. The number of rotatable bonds is 5. The highest BCUT2D eigenvalue weighted by molar-refractivity contribution is 5.71. The van der Waals surface area contributed by atoms with Gasteiger partial charge in [0.1, 0.15) is 11.5 Å². The Morgan fingerprint density at radius 3 is 2.23 bits per heavy atom. The molecule has 0 aliphatic carbocycles. The Morgan fingerprint density at radius 2 is 1.59 bits per heavy atom. The zero-order chi connectivity index (χ0) is 15.8. The van der Waals surface area contributed by atoms with Gasteiger partial charge in [-0.25, -0.2) is 0 Å². The first-order valence-electron chi connectivity index (χ1n) is 7.55. The van der Waals surface area contributed by atoms with Gasteiger partial charge in [-0.2, -0.15) is 0 Å². The van der Waals surface area contributed by atoms with Crippen molar-refractivity contribution in [3.63, 3.8) is 0 Å². The van der Waals surface area contributed by atoms with Crippen LogP contribution in [0.15, 0.2) is 42.5 Å². The molecule has 0 aliphatic rings. The molecular weight excluding hydrogens is 272 g/mol. The van der Waals surface area contributed by atoms with E-state index in [0.29, 0.717) is 0 Å². The molecule has 0 radical (unpaired) electrons. The Hall–Kier alpha value is -2.40. The van der Waals surface area contributed by atoms with E-state index in [0.717, 1.165) is 36.3 Å². The van der Waals surface area contributed by atoms with Gasteiger partial charge in [-0.1, -0.05) is 37.1 Å². The number of benzene rings is 2. The summed E-state index contributed by atoms with van der Waals surface area (Å²) >= 11 is 0. The molecule has 0 heterocycles. The van der Waals surface area contributed by atoms with Crippen LogP contribution in [0.2, 0.25) is 0 Å². The van der Waals surface area contributed by atoms with Gasteiger partial charge in [0.2, 0.25) is 0 Å². The summed E-state index contributed by atoms with van der Waals surface area (Å²) in [5, 5.41) is 0. The van der Waals surface area contributed by atoms with Crippen LogP contribution >= 0.6 is 0 Å². The van der Waals surface area contributed by atoms with Crippen LogP contribution in [0.3, 0.4) is 0 Å². The summed E-state index contributed by atoms with van der Waals surface area (Å²) in [6.07, 6.45) is 2.81. The first kappa shape index (κ1) is 16.0. The van der Waals surface area contributed by atoms with E-state index in [4.69, 9.17) is 9.47 Å². The third kappa shape index (κ3) is 4.05. The topological polar surface area (TPSA) is 18.5 Å². The quantitative estimate of drug-likeness (QED) is 0.743. The predicted molar refractivity (Wildman–Crippen MR) is 91.4 cm³/mol. The van der Waals surface area contributed by atoms with Crippen molar-refractivity contribution in [3.8, 4) is 34.5 Å². The molecule has 0 saturated carbocycles. The summed E-state index contributed by atoms with van der Waals surface area (Å²) in [6, 6.07) is 14.3. The largest absolute Gasteiger partial charge is 0.497 e. The van der Waals surface area contributed by atoms with Crippen LogP contribution < -0.4 is 9.47 Å². The molecule has 2 heteroatoms. The first-order valence-corrected chi connectivity index (χ1v) is 7.55. The van der Waals surface area contributed by atoms with Crippen molar-refractivity contribution in [1.29, 1.82) is 0 Å². The van der Waals surface area contributed by atoms with E-state index in [1.54, 1.807) is 14.2 Å². The van der Waals surface area contributed by atoms with Crippen LogP contribution in [-0.4, -0.2) is 14.2 Å². The predicted octanol–water partition coefficient (Wildman–Crippen LogP) is 4.72. The van der Waals surface area contributed by atoms with Crippen LogP contribution in [0.4, 0.5) is 0 Å². The summed E-state index contributed by atoms with van der Waals surface area (Å²) < 4.78 is 10.7. The van der Waals surface area contributed by atoms with E-state index in [1.807, 2.05) is 24.3 Å². The number of ether oxygens (including phenoxy) is 2. The van der Waals surface area contributed by atoms with Crippen LogP contribution in [0.1, 0.15) is 25.3 Å². The highest BCUT2D eigenvalue weighted by atomic mass is 16.5. The number of methoxy groups -OCH3 is 2. The zero-order valence-corrected chi connectivity index (χ0v) is 13.5. The molecule has 2 aromatic rings. The van der Waals surface area contributed by atoms with Crippen molar-refractivity contribution in [2.24, 2.45) is 0 Å². The summed E-state index contributed by atoms with van der Waals surface area (Å²) in [4.78, 5) is 0. The van der Waals surface area contributed by atoms with Gasteiger partial charge in [-0.15, -0.1) is 5.92 Å². The lowest BCUT2D eigenvalue weighted by Gasteiger charge is -2.11. The van der Waals surface area contributed by atoms with Crippen LogP contribution in [0, 0.1) is 11.8 Å². The summed E-state index contributed by atoms with van der Waals surface area (Å²) in [5.41, 5.74) is 3.48. The molecule has 0 spiro atoms. The van der Waals surface area contributed by atoms with Gasteiger partial charge in [0.05, 0.1) is 14.2 Å². The molecular formula is C20H22O2. The van der Waals surface area contributed by atoms with Gasteiger partial charge >= 0.3 is 0 Å². The van der Waals surface area contributed by atoms with E-state index in [2.05, 4.69) is 37.0 Å². The Bertz CT molecular complexity index is 655. The van der Waals surface area contributed by atoms with E-state index in [9.17, 15) is 0 Å². The molecule has 0 amide bonds. The fourth-order valence-corrected chi connectivity index (χ4v) is 2.29. The van der Waals surface area contributed by atoms with E-state index < -0.39 is 0 Å². The maximum atomic E-state index is 5.36. The number of unbranched alkanes of at least 4 members (excludes halogenated alkanes) is 1. The molecule has 2 rings (SSSR count). The molecule has 0 fully saturated rings. The lowest BCUT2D eigenvalue weighted by Crippen LogP contribution is -1.92. The van der Waals surface area contributed by atoms with Crippen molar-refractivity contribution in [3.05, 3.63) is 48.0 Å². The molecule has 0 atom stereocenters. The maximum absolute atomic E-state index is 5.36. The van der Waals surface area contributed by atoms with Crippen LogP contribution in [0.25, 0.3) is 11.1 Å². The van der Waals surface area contributed by atoms with E-state index in [-0.39, 0.29) is 0 Å². The number of hydrogen-bond acceptors (Lipinski definition) is 2. The van der Waals surface area contributed by atoms with Gasteiger partial charge in [-0.3, -0.25) is 0 Å². The second-order valence-corrected chi connectivity index (χ2v) is 5.04. The fourth-order valence-electron chi connectivity index (χ4n) is 2.29. The molecule has 2 aromatic carbocycles. The Kier molecular flexibility index (Phi) is 5.91. The Labute approximate surface area is 133 Å². The highest BCUT2D eigenvalue weighted by Gasteiger charge is 2.07. The normalized spacial score (nSPS) is 9.77. The average Bonchev–Trinajstić information content (AvgIpc) is 2.58. The molecule has 0 N–H and O–H groups in total. The lowest BCUT2D eigenvalue weighted by molar-refractivity contribution is 0.394. The molecule has 0 aromatic heterocycles. The van der Waals surface area contributed by atoms with Gasteiger partial charge in [-0.05, 0) is 35.2 Å². The monoisotopic (exact) mass is 294 g/mol. The molecule has 22 heavy (non-hydrogen) atoms.